The van der Waals surface area contributed by atoms with E-state index in [1.807, 2.05) is 18.2 Å². The Morgan fingerprint density at radius 3 is 2.09 bits per heavy atom. The van der Waals surface area contributed by atoms with Gasteiger partial charge in [-0.2, -0.15) is 0 Å². The van der Waals surface area contributed by atoms with E-state index in [9.17, 15) is 0 Å². The molecule has 0 aliphatic rings. The monoisotopic (exact) mass is 293 g/mol. The number of hydrogen-bond donors (Lipinski definition) is 3. The Morgan fingerprint density at radius 1 is 0.909 bits per heavy atom. The minimum absolute atomic E-state index is 0.431. The summed E-state index contributed by atoms with van der Waals surface area (Å²) >= 11 is 0. The molecule has 2 aromatic rings. The molecule has 0 amide bonds. The van der Waals surface area contributed by atoms with Crippen LogP contribution in [0.4, 0.5) is 0 Å². The van der Waals surface area contributed by atoms with E-state index in [0.717, 1.165) is 18.4 Å². The van der Waals surface area contributed by atoms with Crippen LogP contribution in [0.25, 0.3) is 0 Å². The smallest absolute Gasteiger partial charge is 0.0629 e. The largest absolute Gasteiger partial charge is 0.402 e. The third-order valence-electron chi connectivity index (χ3n) is 3.57. The molecule has 0 radical (unpaired) electrons. The molecule has 0 spiro atoms. The van der Waals surface area contributed by atoms with Gasteiger partial charge in [-0.3, -0.25) is 0 Å². The second-order valence-corrected chi connectivity index (χ2v) is 5.35. The van der Waals surface area contributed by atoms with Gasteiger partial charge in [0.1, 0.15) is 0 Å². The molecule has 0 aliphatic heterocycles. The first-order chi connectivity index (χ1) is 10.7. The maximum Gasteiger partial charge on any atom is 0.0629 e. The summed E-state index contributed by atoms with van der Waals surface area (Å²) in [5, 5.41) is 8.05. The normalized spacial score (nSPS) is 11.4. The van der Waals surface area contributed by atoms with Gasteiger partial charge in [0.05, 0.1) is 5.71 Å². The fourth-order valence-corrected chi connectivity index (χ4v) is 2.29. The third-order valence-corrected chi connectivity index (χ3v) is 3.57. The topological polar surface area (TPSA) is 75.9 Å². The first-order valence-corrected chi connectivity index (χ1v) is 7.57. The van der Waals surface area contributed by atoms with Gasteiger partial charge in [0, 0.05) is 5.70 Å². The van der Waals surface area contributed by atoms with Gasteiger partial charge in [0.15, 0.2) is 0 Å². The average Bonchev–Trinajstić information content (AvgIpc) is 2.54. The molecule has 0 bridgehead atoms. The molecule has 0 fully saturated rings. The van der Waals surface area contributed by atoms with Crippen LogP contribution in [-0.4, -0.2) is 12.3 Å². The van der Waals surface area contributed by atoms with Crippen LogP contribution in [0, 0.1) is 5.41 Å². The van der Waals surface area contributed by atoms with Crippen molar-refractivity contribution in [2.45, 2.75) is 19.3 Å². The van der Waals surface area contributed by atoms with Gasteiger partial charge < -0.3 is 16.9 Å². The highest BCUT2D eigenvalue weighted by Crippen LogP contribution is 2.10. The van der Waals surface area contributed by atoms with E-state index in [0.29, 0.717) is 24.4 Å². The van der Waals surface area contributed by atoms with Crippen molar-refractivity contribution in [1.82, 2.24) is 0 Å². The summed E-state index contributed by atoms with van der Waals surface area (Å²) in [6.45, 7) is 0.508. The molecule has 0 saturated heterocycles. The average molecular weight is 293 g/mol. The van der Waals surface area contributed by atoms with E-state index in [4.69, 9.17) is 16.9 Å². The predicted octanol–water partition coefficient (Wildman–Crippen LogP) is 3.03. The number of aryl methyl sites for hydroxylation is 2. The number of benzene rings is 2. The first-order valence-electron chi connectivity index (χ1n) is 7.57. The van der Waals surface area contributed by atoms with Gasteiger partial charge in [-0.25, -0.2) is 0 Å². The van der Waals surface area contributed by atoms with Gasteiger partial charge in [0.25, 0.3) is 0 Å². The molecule has 22 heavy (non-hydrogen) atoms. The van der Waals surface area contributed by atoms with E-state index in [2.05, 4.69) is 36.4 Å². The van der Waals surface area contributed by atoms with E-state index in [-0.39, 0.29) is 0 Å². The fourth-order valence-electron chi connectivity index (χ4n) is 2.29. The molecule has 0 atom stereocenters. The lowest BCUT2D eigenvalue weighted by Crippen LogP contribution is -2.08. The lowest BCUT2D eigenvalue weighted by Gasteiger charge is -2.05. The highest BCUT2D eigenvalue weighted by molar-refractivity contribution is 6.06. The third kappa shape index (κ3) is 4.86. The van der Waals surface area contributed by atoms with Crippen molar-refractivity contribution in [1.29, 1.82) is 5.41 Å². The molecule has 0 heterocycles. The number of hydrogen-bond acceptors (Lipinski definition) is 3. The van der Waals surface area contributed by atoms with E-state index < -0.39 is 0 Å². The second-order valence-electron chi connectivity index (χ2n) is 5.35. The quantitative estimate of drug-likeness (QED) is 0.686. The molecule has 114 valence electrons. The summed E-state index contributed by atoms with van der Waals surface area (Å²) < 4.78 is 0. The summed E-state index contributed by atoms with van der Waals surface area (Å²) in [5.74, 6) is 0. The van der Waals surface area contributed by atoms with Crippen LogP contribution >= 0.6 is 0 Å². The van der Waals surface area contributed by atoms with E-state index in [1.54, 1.807) is 6.08 Å². The maximum absolute atomic E-state index is 8.05. The van der Waals surface area contributed by atoms with Crippen molar-refractivity contribution in [3.8, 4) is 0 Å². The minimum atomic E-state index is 0.431. The van der Waals surface area contributed by atoms with Gasteiger partial charge in [-0.15, -0.1) is 0 Å². The number of allylic oxidation sites excluding steroid dienone is 1. The minimum Gasteiger partial charge on any atom is -0.402 e. The first kappa shape index (κ1) is 16.0. The Morgan fingerprint density at radius 2 is 1.50 bits per heavy atom. The molecular weight excluding hydrogens is 270 g/mol. The summed E-state index contributed by atoms with van der Waals surface area (Å²) in [6.07, 6.45) is 4.34. The van der Waals surface area contributed by atoms with Gasteiger partial charge in [-0.05, 0) is 48.6 Å². The van der Waals surface area contributed by atoms with Crippen molar-refractivity contribution in [2.24, 2.45) is 11.5 Å². The Hall–Kier alpha value is -2.39. The Labute approximate surface area is 132 Å². The summed E-state index contributed by atoms with van der Waals surface area (Å²) in [6, 6.07) is 18.6. The molecule has 5 N–H and O–H groups in total. The Balaban J connectivity index is 1.95. The zero-order valence-electron chi connectivity index (χ0n) is 12.8. The van der Waals surface area contributed by atoms with Crippen LogP contribution in [0.3, 0.4) is 0 Å². The number of rotatable bonds is 7. The lowest BCUT2D eigenvalue weighted by molar-refractivity contribution is 0.937. The van der Waals surface area contributed by atoms with Crippen LogP contribution in [0.15, 0.2) is 66.4 Å². The SMILES string of the molecule is N=C(/C=C(\N)CCN)c1ccc(CCc2ccccc2)cc1. The van der Waals surface area contributed by atoms with Gasteiger partial charge >= 0.3 is 0 Å². The van der Waals surface area contributed by atoms with Crippen LogP contribution in [0.2, 0.25) is 0 Å². The predicted molar refractivity (Wildman–Crippen MR) is 93.1 cm³/mol. The molecule has 0 unspecified atom stereocenters. The molecule has 2 rings (SSSR count). The lowest BCUT2D eigenvalue weighted by atomic mass is 10.0. The van der Waals surface area contributed by atoms with Crippen molar-refractivity contribution in [2.75, 3.05) is 6.54 Å². The molecule has 0 aromatic heterocycles. The van der Waals surface area contributed by atoms with Crippen LogP contribution in [0.5, 0.6) is 0 Å². The van der Waals surface area contributed by atoms with Crippen molar-refractivity contribution in [3.05, 3.63) is 83.1 Å². The zero-order chi connectivity index (χ0) is 15.8. The number of nitrogens with two attached hydrogens (primary N) is 2. The van der Waals surface area contributed by atoms with Crippen LogP contribution in [-0.2, 0) is 12.8 Å². The molecule has 3 heteroatoms. The molecule has 0 aliphatic carbocycles. The van der Waals surface area contributed by atoms with E-state index in [1.165, 1.54) is 11.1 Å². The van der Waals surface area contributed by atoms with E-state index >= 15 is 0 Å². The molecule has 2 aromatic carbocycles. The van der Waals surface area contributed by atoms with Crippen molar-refractivity contribution < 1.29 is 0 Å². The second kappa shape index (κ2) is 8.15. The van der Waals surface area contributed by atoms with Crippen molar-refractivity contribution >= 4 is 5.71 Å². The Kier molecular flexibility index (Phi) is 5.92. The Bertz CT molecular complexity index is 627. The highest BCUT2D eigenvalue weighted by atomic mass is 14.6. The molecular formula is C19H23N3. The number of nitrogens with one attached hydrogen (secondary N) is 1. The molecule has 3 nitrogen and oxygen atoms in total. The summed E-state index contributed by atoms with van der Waals surface area (Å²) in [4.78, 5) is 0. The summed E-state index contributed by atoms with van der Waals surface area (Å²) in [7, 11) is 0. The van der Waals surface area contributed by atoms with Crippen LogP contribution < -0.4 is 11.5 Å². The zero-order valence-corrected chi connectivity index (χ0v) is 12.8. The van der Waals surface area contributed by atoms with Crippen molar-refractivity contribution in [3.63, 3.8) is 0 Å². The highest BCUT2D eigenvalue weighted by Gasteiger charge is 2.01. The fraction of sp³-hybridized carbons (Fsp3) is 0.211. The maximum atomic E-state index is 8.05. The van der Waals surface area contributed by atoms with Crippen LogP contribution in [0.1, 0.15) is 23.1 Å². The van der Waals surface area contributed by atoms with Gasteiger partial charge in [-0.1, -0.05) is 54.6 Å². The molecule has 0 saturated carbocycles. The van der Waals surface area contributed by atoms with Gasteiger partial charge in [0.2, 0.25) is 0 Å². The standard InChI is InChI=1S/C19H23N3/c20-13-12-18(21)14-19(22)17-10-8-16(9-11-17)7-6-15-4-2-1-3-5-15/h1-5,8-11,14,22H,6-7,12-13,20-21H2/b18-14-,22-19?. The summed E-state index contributed by atoms with van der Waals surface area (Å²) in [5.41, 5.74) is 15.8.